The minimum atomic E-state index is -0.997. The van der Waals surface area contributed by atoms with Gasteiger partial charge in [0.1, 0.15) is 11.2 Å². The van der Waals surface area contributed by atoms with Crippen LogP contribution in [0.25, 0.3) is 43.8 Å². The normalized spacial score (nSPS) is 11.4. The zero-order chi connectivity index (χ0) is 21.7. The highest BCUT2D eigenvalue weighted by molar-refractivity contribution is 6.31. The second kappa shape index (κ2) is 7.25. The highest BCUT2D eigenvalue weighted by Crippen LogP contribution is 2.41. The standard InChI is InChI=1S/C26H17ClO4/c1-2-14-7-9-18-23(11-14)31-25-19(10-8-15-12-22(28)21(27)13-20(15)25)24(18)16-5-3-4-6-17(16)26(29)30/h3-13H,2H2,1H3,(H,29,30). The molecule has 0 saturated carbocycles. The van der Waals surface area contributed by atoms with Crippen LogP contribution < -0.4 is 5.43 Å². The van der Waals surface area contributed by atoms with Crippen molar-refractivity contribution in [2.24, 2.45) is 0 Å². The molecule has 4 aromatic carbocycles. The molecule has 0 aliphatic rings. The predicted octanol–water partition coefficient (Wildman–Crippen LogP) is 6.68. The van der Waals surface area contributed by atoms with Crippen LogP contribution >= 0.6 is 11.6 Å². The van der Waals surface area contributed by atoms with Crippen LogP contribution in [0.15, 0.2) is 75.9 Å². The summed E-state index contributed by atoms with van der Waals surface area (Å²) < 4.78 is 6.35. The monoisotopic (exact) mass is 428 g/mol. The fourth-order valence-electron chi connectivity index (χ4n) is 4.11. The molecule has 5 heteroatoms. The van der Waals surface area contributed by atoms with Gasteiger partial charge < -0.3 is 9.52 Å². The lowest BCUT2D eigenvalue weighted by atomic mass is 9.92. The van der Waals surface area contributed by atoms with Crippen molar-refractivity contribution in [3.05, 3.63) is 93.1 Å². The van der Waals surface area contributed by atoms with Crippen LogP contribution in [0.5, 0.6) is 0 Å². The van der Waals surface area contributed by atoms with Crippen LogP contribution in [0.3, 0.4) is 0 Å². The Morgan fingerprint density at radius 2 is 1.74 bits per heavy atom. The number of halogens is 1. The zero-order valence-electron chi connectivity index (χ0n) is 16.6. The van der Waals surface area contributed by atoms with E-state index in [-0.39, 0.29) is 16.0 Å². The molecule has 5 aromatic rings. The van der Waals surface area contributed by atoms with Crippen molar-refractivity contribution in [3.8, 4) is 11.1 Å². The lowest BCUT2D eigenvalue weighted by Crippen LogP contribution is -2.01. The Kier molecular flexibility index (Phi) is 4.53. The van der Waals surface area contributed by atoms with Gasteiger partial charge >= 0.3 is 5.97 Å². The highest BCUT2D eigenvalue weighted by atomic mass is 35.5. The molecular weight excluding hydrogens is 412 g/mol. The van der Waals surface area contributed by atoms with E-state index in [9.17, 15) is 14.7 Å². The zero-order valence-corrected chi connectivity index (χ0v) is 17.4. The van der Waals surface area contributed by atoms with Crippen LogP contribution in [-0.2, 0) is 6.42 Å². The predicted molar refractivity (Wildman–Crippen MR) is 124 cm³/mol. The van der Waals surface area contributed by atoms with Gasteiger partial charge in [-0.25, -0.2) is 4.79 Å². The number of carbonyl (C=O) groups is 1. The Labute approximate surface area is 182 Å². The third-order valence-electron chi connectivity index (χ3n) is 5.65. The van der Waals surface area contributed by atoms with E-state index in [2.05, 4.69) is 6.92 Å². The molecule has 0 aliphatic carbocycles. The van der Waals surface area contributed by atoms with Gasteiger partial charge in [0.2, 0.25) is 0 Å². The molecule has 0 fully saturated rings. The summed E-state index contributed by atoms with van der Waals surface area (Å²) in [4.78, 5) is 24.0. The lowest BCUT2D eigenvalue weighted by Gasteiger charge is -2.15. The Balaban J connectivity index is 2.03. The number of benzene rings is 4. The number of carboxylic acids is 1. The Bertz CT molecular complexity index is 1580. The maximum absolute atomic E-state index is 12.0. The first-order valence-corrected chi connectivity index (χ1v) is 10.3. The number of rotatable bonds is 3. The minimum Gasteiger partial charge on any atom is -0.478 e. The van der Waals surface area contributed by atoms with Gasteiger partial charge in [-0.15, -0.1) is 0 Å². The molecule has 1 aromatic heterocycles. The summed E-state index contributed by atoms with van der Waals surface area (Å²) in [5.41, 5.74) is 3.67. The van der Waals surface area contributed by atoms with E-state index >= 15 is 0 Å². The molecule has 0 aliphatic heterocycles. The van der Waals surface area contributed by atoms with Crippen molar-refractivity contribution in [2.45, 2.75) is 13.3 Å². The lowest BCUT2D eigenvalue weighted by molar-refractivity contribution is 0.0697. The summed E-state index contributed by atoms with van der Waals surface area (Å²) in [6, 6.07) is 19.7. The fourth-order valence-corrected chi connectivity index (χ4v) is 4.28. The van der Waals surface area contributed by atoms with Gasteiger partial charge in [0.05, 0.1) is 10.6 Å². The average Bonchev–Trinajstić information content (AvgIpc) is 2.78. The van der Waals surface area contributed by atoms with Crippen LogP contribution in [0.4, 0.5) is 0 Å². The van der Waals surface area contributed by atoms with Crippen LogP contribution in [0, 0.1) is 0 Å². The molecule has 31 heavy (non-hydrogen) atoms. The largest absolute Gasteiger partial charge is 0.478 e. The first-order valence-electron chi connectivity index (χ1n) is 9.92. The Morgan fingerprint density at radius 1 is 0.968 bits per heavy atom. The topological polar surface area (TPSA) is 67.5 Å². The van der Waals surface area contributed by atoms with Crippen molar-refractivity contribution < 1.29 is 14.3 Å². The number of hydrogen-bond donors (Lipinski definition) is 1. The highest BCUT2D eigenvalue weighted by Gasteiger charge is 2.19. The van der Waals surface area contributed by atoms with Gasteiger partial charge in [-0.2, -0.15) is 0 Å². The van der Waals surface area contributed by atoms with Crippen molar-refractivity contribution in [3.63, 3.8) is 0 Å². The maximum atomic E-state index is 12.0. The summed E-state index contributed by atoms with van der Waals surface area (Å²) in [5, 5.41) is 12.9. The van der Waals surface area contributed by atoms with Gasteiger partial charge in [-0.1, -0.05) is 54.9 Å². The Morgan fingerprint density at radius 3 is 2.52 bits per heavy atom. The molecule has 152 valence electrons. The molecule has 0 saturated heterocycles. The van der Waals surface area contributed by atoms with Gasteiger partial charge in [-0.05, 0) is 53.3 Å². The van der Waals surface area contributed by atoms with Gasteiger partial charge in [-0.3, -0.25) is 4.79 Å². The SMILES string of the molecule is CCc1ccc2c(-c3ccccc3C(=O)O)c3ccc4cc(=O)c(Cl)cc4c3oc2c1. The van der Waals surface area contributed by atoms with E-state index < -0.39 is 5.97 Å². The van der Waals surface area contributed by atoms with Gasteiger partial charge in [0.15, 0.2) is 5.43 Å². The molecule has 0 atom stereocenters. The van der Waals surface area contributed by atoms with E-state index in [1.54, 1.807) is 18.2 Å². The molecule has 0 bridgehead atoms. The second-order valence-corrected chi connectivity index (χ2v) is 7.87. The van der Waals surface area contributed by atoms with Gasteiger partial charge in [0.25, 0.3) is 0 Å². The van der Waals surface area contributed by atoms with Crippen LogP contribution in [-0.4, -0.2) is 11.1 Å². The number of hydrogen-bond acceptors (Lipinski definition) is 3. The molecule has 1 heterocycles. The maximum Gasteiger partial charge on any atom is 0.336 e. The van der Waals surface area contributed by atoms with Gasteiger partial charge in [0, 0.05) is 21.7 Å². The average molecular weight is 429 g/mol. The molecule has 1 N–H and O–H groups in total. The number of carboxylic acid groups (broad SMARTS) is 1. The van der Waals surface area contributed by atoms with E-state index in [4.69, 9.17) is 16.0 Å². The van der Waals surface area contributed by atoms with E-state index in [0.717, 1.165) is 28.3 Å². The third kappa shape index (κ3) is 3.07. The first kappa shape index (κ1) is 19.3. The number of fused-ring (bicyclic) bond motifs is 4. The van der Waals surface area contributed by atoms with Crippen molar-refractivity contribution >= 4 is 50.3 Å². The summed E-state index contributed by atoms with van der Waals surface area (Å²) >= 11 is 6.15. The van der Waals surface area contributed by atoms with E-state index in [1.165, 1.54) is 6.07 Å². The summed E-state index contributed by atoms with van der Waals surface area (Å²) in [7, 11) is 0. The molecule has 0 amide bonds. The van der Waals surface area contributed by atoms with E-state index in [0.29, 0.717) is 27.5 Å². The fraction of sp³-hybridized carbons (Fsp3) is 0.0769. The third-order valence-corrected chi connectivity index (χ3v) is 5.95. The second-order valence-electron chi connectivity index (χ2n) is 7.46. The number of aromatic carboxylic acids is 1. The molecule has 0 radical (unpaired) electrons. The molecule has 5 rings (SSSR count). The quantitative estimate of drug-likeness (QED) is 0.257. The van der Waals surface area contributed by atoms with Crippen molar-refractivity contribution in [2.75, 3.05) is 0 Å². The van der Waals surface area contributed by atoms with Crippen LogP contribution in [0.2, 0.25) is 5.02 Å². The summed E-state index contributed by atoms with van der Waals surface area (Å²) in [6.07, 6.45) is 0.839. The first-order chi connectivity index (χ1) is 15.0. The molecule has 0 spiro atoms. The minimum absolute atomic E-state index is 0.116. The number of aryl methyl sites for hydroxylation is 1. The molecule has 0 unspecified atom stereocenters. The van der Waals surface area contributed by atoms with Crippen molar-refractivity contribution in [1.82, 2.24) is 0 Å². The molecular formula is C26H17ClO4. The van der Waals surface area contributed by atoms with Crippen LogP contribution in [0.1, 0.15) is 22.8 Å². The summed E-state index contributed by atoms with van der Waals surface area (Å²) in [5.74, 6) is -0.997. The van der Waals surface area contributed by atoms with Crippen molar-refractivity contribution in [1.29, 1.82) is 0 Å². The summed E-state index contributed by atoms with van der Waals surface area (Å²) in [6.45, 7) is 2.06. The van der Waals surface area contributed by atoms with E-state index in [1.807, 2.05) is 42.5 Å². The molecule has 4 nitrogen and oxygen atoms in total. The Hall–Kier alpha value is -3.63. The smallest absolute Gasteiger partial charge is 0.336 e.